The van der Waals surface area contributed by atoms with E-state index in [2.05, 4.69) is 32.2 Å². The molecule has 0 spiro atoms. The summed E-state index contributed by atoms with van der Waals surface area (Å²) in [6.07, 6.45) is 0. The molecule has 1 nitrogen and oxygen atoms in total. The Kier molecular flexibility index (Phi) is 2.00. The molecule has 2 unspecified atom stereocenters. The van der Waals surface area contributed by atoms with Gasteiger partial charge in [-0.3, -0.25) is 0 Å². The molecule has 1 aromatic rings. The number of thiophene rings is 1. The minimum absolute atomic E-state index is 0.437. The second-order valence-electron chi connectivity index (χ2n) is 4.67. The maximum absolute atomic E-state index is 5.75. The predicted molar refractivity (Wildman–Crippen MR) is 58.1 cm³/mol. The van der Waals surface area contributed by atoms with Crippen LogP contribution in [0, 0.1) is 18.3 Å². The van der Waals surface area contributed by atoms with Crippen molar-refractivity contribution in [3.63, 3.8) is 0 Å². The molecule has 2 N–H and O–H groups in total. The highest BCUT2D eigenvalue weighted by Gasteiger charge is 2.57. The zero-order valence-corrected chi connectivity index (χ0v) is 9.32. The van der Waals surface area contributed by atoms with E-state index in [1.54, 1.807) is 0 Å². The van der Waals surface area contributed by atoms with Gasteiger partial charge in [0, 0.05) is 10.8 Å². The van der Waals surface area contributed by atoms with Crippen LogP contribution < -0.4 is 5.73 Å². The van der Waals surface area contributed by atoms with Crippen LogP contribution in [0.5, 0.6) is 0 Å². The molecule has 2 atom stereocenters. The maximum Gasteiger partial charge on any atom is 0.00878 e. The third kappa shape index (κ3) is 1.32. The van der Waals surface area contributed by atoms with Gasteiger partial charge in [-0.1, -0.05) is 13.8 Å². The standard InChI is InChI=1S/C11H17NS/c1-7-4-9(13-6-7)10-8(5-12)11(10,2)3/h4,6,8,10H,5,12H2,1-3H3. The lowest BCUT2D eigenvalue weighted by molar-refractivity contribution is 0.559. The van der Waals surface area contributed by atoms with Gasteiger partial charge in [-0.2, -0.15) is 0 Å². The van der Waals surface area contributed by atoms with E-state index in [1.165, 1.54) is 10.4 Å². The highest BCUT2D eigenvalue weighted by atomic mass is 32.1. The fraction of sp³-hybridized carbons (Fsp3) is 0.636. The Morgan fingerprint density at radius 1 is 1.54 bits per heavy atom. The van der Waals surface area contributed by atoms with Gasteiger partial charge in [0.05, 0.1) is 0 Å². The van der Waals surface area contributed by atoms with E-state index in [9.17, 15) is 0 Å². The SMILES string of the molecule is Cc1csc(C2C(CN)C2(C)C)c1. The Bertz CT molecular complexity index is 314. The minimum Gasteiger partial charge on any atom is -0.330 e. The van der Waals surface area contributed by atoms with Gasteiger partial charge in [0.25, 0.3) is 0 Å². The van der Waals surface area contributed by atoms with Crippen LogP contribution in [0.1, 0.15) is 30.2 Å². The molecule has 2 rings (SSSR count). The van der Waals surface area contributed by atoms with E-state index in [4.69, 9.17) is 5.73 Å². The monoisotopic (exact) mass is 195 g/mol. The fourth-order valence-corrected chi connectivity index (χ4v) is 3.62. The van der Waals surface area contributed by atoms with E-state index < -0.39 is 0 Å². The van der Waals surface area contributed by atoms with Gasteiger partial charge in [0.2, 0.25) is 0 Å². The van der Waals surface area contributed by atoms with Crippen molar-refractivity contribution >= 4 is 11.3 Å². The van der Waals surface area contributed by atoms with E-state index >= 15 is 0 Å². The lowest BCUT2D eigenvalue weighted by Gasteiger charge is -1.98. The normalized spacial score (nSPS) is 30.5. The third-order valence-corrected chi connectivity index (χ3v) is 4.50. The first-order valence-electron chi connectivity index (χ1n) is 4.82. The highest BCUT2D eigenvalue weighted by molar-refractivity contribution is 7.10. The molecule has 0 amide bonds. The van der Waals surface area contributed by atoms with Crippen LogP contribution in [-0.4, -0.2) is 6.54 Å². The Labute approximate surface area is 84.0 Å². The van der Waals surface area contributed by atoms with Crippen molar-refractivity contribution < 1.29 is 0 Å². The highest BCUT2D eigenvalue weighted by Crippen LogP contribution is 2.64. The molecule has 1 aliphatic rings. The van der Waals surface area contributed by atoms with Crippen LogP contribution in [0.3, 0.4) is 0 Å². The summed E-state index contributed by atoms with van der Waals surface area (Å²) in [5.74, 6) is 1.42. The summed E-state index contributed by atoms with van der Waals surface area (Å²) in [4.78, 5) is 1.53. The van der Waals surface area contributed by atoms with Gasteiger partial charge in [-0.25, -0.2) is 0 Å². The molecule has 1 aliphatic carbocycles. The van der Waals surface area contributed by atoms with E-state index in [0.717, 1.165) is 12.5 Å². The fourth-order valence-electron chi connectivity index (χ4n) is 2.37. The van der Waals surface area contributed by atoms with Crippen molar-refractivity contribution in [2.24, 2.45) is 17.1 Å². The average molecular weight is 195 g/mol. The molecular formula is C11H17NS. The molecule has 1 saturated carbocycles. The smallest absolute Gasteiger partial charge is 0.00878 e. The molecule has 0 saturated heterocycles. The molecule has 0 radical (unpaired) electrons. The molecule has 0 bridgehead atoms. The van der Waals surface area contributed by atoms with Crippen LogP contribution in [0.4, 0.5) is 0 Å². The summed E-state index contributed by atoms with van der Waals surface area (Å²) in [5.41, 5.74) is 7.57. The summed E-state index contributed by atoms with van der Waals surface area (Å²) >= 11 is 1.89. The first-order valence-corrected chi connectivity index (χ1v) is 5.70. The van der Waals surface area contributed by atoms with Crippen molar-refractivity contribution in [3.8, 4) is 0 Å². The van der Waals surface area contributed by atoms with Crippen molar-refractivity contribution in [2.75, 3.05) is 6.54 Å². The number of nitrogens with two attached hydrogens (primary N) is 1. The Morgan fingerprint density at radius 2 is 2.23 bits per heavy atom. The molecule has 72 valence electrons. The van der Waals surface area contributed by atoms with Gasteiger partial charge in [0.15, 0.2) is 0 Å². The molecule has 1 fully saturated rings. The van der Waals surface area contributed by atoms with Crippen molar-refractivity contribution in [2.45, 2.75) is 26.7 Å². The third-order valence-electron chi connectivity index (χ3n) is 3.36. The lowest BCUT2D eigenvalue weighted by Crippen LogP contribution is -2.05. The second kappa shape index (κ2) is 2.82. The van der Waals surface area contributed by atoms with E-state index in [-0.39, 0.29) is 0 Å². The average Bonchev–Trinajstić information content (AvgIpc) is 2.41. The Balaban J connectivity index is 2.21. The van der Waals surface area contributed by atoms with Crippen LogP contribution in [0.25, 0.3) is 0 Å². The molecule has 0 aromatic carbocycles. The van der Waals surface area contributed by atoms with Crippen molar-refractivity contribution in [1.29, 1.82) is 0 Å². The second-order valence-corrected chi connectivity index (χ2v) is 5.61. The summed E-state index contributed by atoms with van der Waals surface area (Å²) in [6, 6.07) is 2.31. The van der Waals surface area contributed by atoms with Gasteiger partial charge in [0.1, 0.15) is 0 Å². The number of hydrogen-bond donors (Lipinski definition) is 1. The lowest BCUT2D eigenvalue weighted by atomic mass is 10.1. The summed E-state index contributed by atoms with van der Waals surface area (Å²) in [5, 5.41) is 2.23. The summed E-state index contributed by atoms with van der Waals surface area (Å²) < 4.78 is 0. The van der Waals surface area contributed by atoms with Crippen LogP contribution in [0.2, 0.25) is 0 Å². The van der Waals surface area contributed by atoms with Gasteiger partial charge < -0.3 is 5.73 Å². The van der Waals surface area contributed by atoms with Gasteiger partial charge in [-0.15, -0.1) is 11.3 Å². The maximum atomic E-state index is 5.75. The first kappa shape index (κ1) is 9.22. The number of hydrogen-bond acceptors (Lipinski definition) is 2. The van der Waals surface area contributed by atoms with Crippen LogP contribution >= 0.6 is 11.3 Å². The first-order chi connectivity index (χ1) is 6.07. The molecule has 1 aromatic heterocycles. The predicted octanol–water partition coefficient (Wildman–Crippen LogP) is 2.75. The minimum atomic E-state index is 0.437. The van der Waals surface area contributed by atoms with Crippen LogP contribution in [-0.2, 0) is 0 Å². The molecule has 0 aliphatic heterocycles. The largest absolute Gasteiger partial charge is 0.330 e. The van der Waals surface area contributed by atoms with E-state index in [1.807, 2.05) is 11.3 Å². The van der Waals surface area contributed by atoms with Crippen molar-refractivity contribution in [3.05, 3.63) is 21.9 Å². The topological polar surface area (TPSA) is 26.0 Å². The van der Waals surface area contributed by atoms with Crippen molar-refractivity contribution in [1.82, 2.24) is 0 Å². The quantitative estimate of drug-likeness (QED) is 0.771. The van der Waals surface area contributed by atoms with E-state index in [0.29, 0.717) is 11.3 Å². The number of aryl methyl sites for hydroxylation is 1. The summed E-state index contributed by atoms with van der Waals surface area (Å²) in [6.45, 7) is 7.63. The molecular weight excluding hydrogens is 178 g/mol. The van der Waals surface area contributed by atoms with Gasteiger partial charge >= 0.3 is 0 Å². The molecule has 2 heteroatoms. The zero-order valence-electron chi connectivity index (χ0n) is 8.50. The van der Waals surface area contributed by atoms with Gasteiger partial charge in [-0.05, 0) is 41.8 Å². The zero-order chi connectivity index (χ0) is 9.64. The Hall–Kier alpha value is -0.340. The molecule has 13 heavy (non-hydrogen) atoms. The molecule has 1 heterocycles. The Morgan fingerprint density at radius 3 is 2.62 bits per heavy atom. The number of rotatable bonds is 2. The van der Waals surface area contributed by atoms with Crippen LogP contribution in [0.15, 0.2) is 11.4 Å². The summed E-state index contributed by atoms with van der Waals surface area (Å²) in [7, 11) is 0.